The first-order chi connectivity index (χ1) is 9.20. The summed E-state index contributed by atoms with van der Waals surface area (Å²) in [5.74, 6) is -0.282. The summed E-state index contributed by atoms with van der Waals surface area (Å²) in [6.45, 7) is 1.69. The lowest BCUT2D eigenvalue weighted by Gasteiger charge is -2.41. The topological polar surface area (TPSA) is 62.6 Å². The van der Waals surface area contributed by atoms with Crippen LogP contribution in [-0.4, -0.2) is 35.8 Å². The molecule has 2 rings (SSSR count). The highest BCUT2D eigenvalue weighted by Crippen LogP contribution is 2.29. The third kappa shape index (κ3) is 3.92. The molecular weight excluding hydrogens is 244 g/mol. The van der Waals surface area contributed by atoms with Crippen molar-refractivity contribution in [2.24, 2.45) is 0 Å². The maximum absolute atomic E-state index is 10.8. The molecule has 1 saturated heterocycles. The minimum atomic E-state index is -0.282. The average molecular weight is 266 g/mol. The van der Waals surface area contributed by atoms with Gasteiger partial charge in [-0.25, -0.2) is 0 Å². The fourth-order valence-corrected chi connectivity index (χ4v) is 2.89. The predicted molar refractivity (Wildman–Crippen MR) is 68.9 cm³/mol. The molecule has 5 nitrogen and oxygen atoms in total. The Kier molecular flexibility index (Phi) is 5.17. The second-order valence-electron chi connectivity index (χ2n) is 5.40. The summed E-state index contributed by atoms with van der Waals surface area (Å²) in [6.07, 6.45) is 7.34. The zero-order chi connectivity index (χ0) is 13.7. The standard InChI is InChI=1S/C14H22N2O3/c1-11(17)18-10-14-8-7-13(9-15)16(19-14)12-5-3-2-4-6-12/h12-14H,2-8,10H2,1H3. The lowest BCUT2D eigenvalue weighted by molar-refractivity contribution is -0.270. The van der Waals surface area contributed by atoms with Crippen LogP contribution in [0.25, 0.3) is 0 Å². The molecule has 1 heterocycles. The number of rotatable bonds is 3. The van der Waals surface area contributed by atoms with Crippen LogP contribution in [0.15, 0.2) is 0 Å². The minimum absolute atomic E-state index is 0.101. The van der Waals surface area contributed by atoms with Gasteiger partial charge in [0.15, 0.2) is 0 Å². The van der Waals surface area contributed by atoms with E-state index in [9.17, 15) is 10.1 Å². The number of nitrogens with zero attached hydrogens (tertiary/aromatic N) is 2. The Bertz CT molecular complexity index is 347. The first-order valence-corrected chi connectivity index (χ1v) is 7.19. The van der Waals surface area contributed by atoms with Crippen molar-refractivity contribution in [2.45, 2.75) is 70.1 Å². The Hall–Kier alpha value is -1.12. The van der Waals surface area contributed by atoms with E-state index in [1.165, 1.54) is 26.2 Å². The molecule has 2 fully saturated rings. The molecule has 106 valence electrons. The van der Waals surface area contributed by atoms with Gasteiger partial charge in [0.2, 0.25) is 0 Å². The monoisotopic (exact) mass is 266 g/mol. The van der Waals surface area contributed by atoms with E-state index in [-0.39, 0.29) is 24.7 Å². The van der Waals surface area contributed by atoms with Crippen molar-refractivity contribution in [1.29, 1.82) is 5.26 Å². The number of carbonyl (C=O) groups excluding carboxylic acids is 1. The van der Waals surface area contributed by atoms with Crippen LogP contribution in [-0.2, 0) is 14.4 Å². The molecular formula is C14H22N2O3. The van der Waals surface area contributed by atoms with Crippen LogP contribution in [0.5, 0.6) is 0 Å². The molecule has 19 heavy (non-hydrogen) atoms. The number of hydrogen-bond acceptors (Lipinski definition) is 5. The molecule has 0 aromatic heterocycles. The molecule has 0 amide bonds. The molecule has 0 aromatic rings. The van der Waals surface area contributed by atoms with Crippen LogP contribution in [0.4, 0.5) is 0 Å². The number of hydroxylamine groups is 2. The lowest BCUT2D eigenvalue weighted by atomic mass is 9.93. The summed E-state index contributed by atoms with van der Waals surface area (Å²) in [5, 5.41) is 11.1. The zero-order valence-corrected chi connectivity index (χ0v) is 11.5. The van der Waals surface area contributed by atoms with E-state index in [1.807, 2.05) is 5.06 Å². The van der Waals surface area contributed by atoms with Crippen molar-refractivity contribution < 1.29 is 14.4 Å². The summed E-state index contributed by atoms with van der Waals surface area (Å²) < 4.78 is 5.01. The third-order valence-corrected chi connectivity index (χ3v) is 3.90. The smallest absolute Gasteiger partial charge is 0.302 e. The number of carbonyl (C=O) groups is 1. The van der Waals surface area contributed by atoms with Gasteiger partial charge in [-0.3, -0.25) is 9.63 Å². The van der Waals surface area contributed by atoms with Gasteiger partial charge in [0.25, 0.3) is 0 Å². The summed E-state index contributed by atoms with van der Waals surface area (Å²) in [5.41, 5.74) is 0. The van der Waals surface area contributed by atoms with E-state index < -0.39 is 0 Å². The van der Waals surface area contributed by atoms with Gasteiger partial charge in [0, 0.05) is 13.0 Å². The third-order valence-electron chi connectivity index (χ3n) is 3.90. The molecule has 0 aromatic carbocycles. The Balaban J connectivity index is 1.92. The van der Waals surface area contributed by atoms with E-state index in [0.29, 0.717) is 6.04 Å². The van der Waals surface area contributed by atoms with Crippen molar-refractivity contribution in [3.8, 4) is 6.07 Å². The van der Waals surface area contributed by atoms with Gasteiger partial charge in [0.1, 0.15) is 18.8 Å². The Morgan fingerprint density at radius 2 is 2.05 bits per heavy atom. The molecule has 0 N–H and O–H groups in total. The van der Waals surface area contributed by atoms with Crippen LogP contribution in [0.2, 0.25) is 0 Å². The highest BCUT2D eigenvalue weighted by molar-refractivity contribution is 5.65. The fourth-order valence-electron chi connectivity index (χ4n) is 2.89. The van der Waals surface area contributed by atoms with E-state index in [4.69, 9.17) is 9.57 Å². The molecule has 2 unspecified atom stereocenters. The van der Waals surface area contributed by atoms with Crippen molar-refractivity contribution in [2.75, 3.05) is 6.61 Å². The number of esters is 1. The molecule has 0 spiro atoms. The molecule has 2 atom stereocenters. The van der Waals surface area contributed by atoms with Gasteiger partial charge < -0.3 is 4.74 Å². The molecule has 1 saturated carbocycles. The summed E-state index contributed by atoms with van der Waals surface area (Å²) >= 11 is 0. The second-order valence-corrected chi connectivity index (χ2v) is 5.40. The Labute approximate surface area is 114 Å². The fraction of sp³-hybridized carbons (Fsp3) is 0.857. The molecule has 5 heteroatoms. The SMILES string of the molecule is CC(=O)OCC1CCC(C#N)N(C2CCCCC2)O1. The molecule has 0 radical (unpaired) electrons. The summed E-state index contributed by atoms with van der Waals surface area (Å²) in [7, 11) is 0. The quantitative estimate of drug-likeness (QED) is 0.733. The normalized spacial score (nSPS) is 29.7. The zero-order valence-electron chi connectivity index (χ0n) is 11.5. The number of nitriles is 1. The van der Waals surface area contributed by atoms with Crippen molar-refractivity contribution in [3.05, 3.63) is 0 Å². The second kappa shape index (κ2) is 6.88. The summed E-state index contributed by atoms with van der Waals surface area (Å²) in [6, 6.07) is 2.52. The molecule has 0 bridgehead atoms. The first-order valence-electron chi connectivity index (χ1n) is 7.19. The van der Waals surface area contributed by atoms with Crippen molar-refractivity contribution >= 4 is 5.97 Å². The Morgan fingerprint density at radius 3 is 2.68 bits per heavy atom. The molecule has 1 aliphatic heterocycles. The van der Waals surface area contributed by atoms with E-state index in [1.54, 1.807) is 0 Å². The number of hydrogen-bond donors (Lipinski definition) is 0. The van der Waals surface area contributed by atoms with E-state index in [2.05, 4.69) is 6.07 Å². The van der Waals surface area contributed by atoms with Crippen molar-refractivity contribution in [1.82, 2.24) is 5.06 Å². The van der Waals surface area contributed by atoms with Gasteiger partial charge in [-0.15, -0.1) is 0 Å². The highest BCUT2D eigenvalue weighted by Gasteiger charge is 2.35. The summed E-state index contributed by atoms with van der Waals surface area (Å²) in [4.78, 5) is 16.8. The first kappa shape index (κ1) is 14.3. The predicted octanol–water partition coefficient (Wildman–Crippen LogP) is 2.17. The maximum Gasteiger partial charge on any atom is 0.302 e. The van der Waals surface area contributed by atoms with E-state index >= 15 is 0 Å². The van der Waals surface area contributed by atoms with Crippen LogP contribution >= 0.6 is 0 Å². The van der Waals surface area contributed by atoms with Gasteiger partial charge in [-0.2, -0.15) is 10.3 Å². The largest absolute Gasteiger partial charge is 0.463 e. The van der Waals surface area contributed by atoms with Crippen LogP contribution < -0.4 is 0 Å². The van der Waals surface area contributed by atoms with Gasteiger partial charge >= 0.3 is 5.97 Å². The molecule has 2 aliphatic rings. The van der Waals surface area contributed by atoms with Crippen molar-refractivity contribution in [3.63, 3.8) is 0 Å². The maximum atomic E-state index is 10.8. The van der Waals surface area contributed by atoms with E-state index in [0.717, 1.165) is 25.7 Å². The van der Waals surface area contributed by atoms with Crippen LogP contribution in [0, 0.1) is 11.3 Å². The average Bonchev–Trinajstić information content (AvgIpc) is 2.45. The van der Waals surface area contributed by atoms with Crippen LogP contribution in [0.1, 0.15) is 51.9 Å². The van der Waals surface area contributed by atoms with Crippen LogP contribution in [0.3, 0.4) is 0 Å². The van der Waals surface area contributed by atoms with Gasteiger partial charge in [0.05, 0.1) is 6.07 Å². The number of ether oxygens (including phenoxy) is 1. The minimum Gasteiger partial charge on any atom is -0.463 e. The van der Waals surface area contributed by atoms with Gasteiger partial charge in [-0.1, -0.05) is 19.3 Å². The molecule has 1 aliphatic carbocycles. The Morgan fingerprint density at radius 1 is 1.32 bits per heavy atom. The van der Waals surface area contributed by atoms with Gasteiger partial charge in [-0.05, 0) is 25.7 Å². The lowest BCUT2D eigenvalue weighted by Crippen LogP contribution is -2.50. The highest BCUT2D eigenvalue weighted by atomic mass is 16.7.